The van der Waals surface area contributed by atoms with Crippen LogP contribution < -0.4 is 10.7 Å². The monoisotopic (exact) mass is 415 g/mol. The van der Waals surface area contributed by atoms with Gasteiger partial charge in [-0.15, -0.1) is 0 Å². The Hall–Kier alpha value is -3.80. The van der Waals surface area contributed by atoms with Gasteiger partial charge in [0.25, 0.3) is 5.91 Å². The lowest BCUT2D eigenvalue weighted by molar-refractivity contribution is -0.122. The van der Waals surface area contributed by atoms with Crippen LogP contribution in [0.5, 0.6) is 0 Å². The summed E-state index contributed by atoms with van der Waals surface area (Å²) in [5.41, 5.74) is 5.65. The van der Waals surface area contributed by atoms with E-state index in [2.05, 4.69) is 15.8 Å². The number of nitrogens with one attached hydrogen (secondary N) is 2. The van der Waals surface area contributed by atoms with Gasteiger partial charge in [0.05, 0.1) is 11.3 Å². The fourth-order valence-corrected chi connectivity index (χ4v) is 3.51. The first-order chi connectivity index (χ1) is 15.0. The third kappa shape index (κ3) is 4.86. The molecule has 6 heteroatoms. The molecule has 0 saturated heterocycles. The number of hydrogen-bond acceptors (Lipinski definition) is 3. The quantitative estimate of drug-likeness (QED) is 0.452. The van der Waals surface area contributed by atoms with Gasteiger partial charge in [-0.05, 0) is 54.7 Å². The standard InChI is InChI=1S/C25H22FN3O2/c1-16(28-29-25(31)22-15-21(22)17-8-3-2-4-9-17)18-10-7-11-19(14-18)27-24(30)20-12-5-6-13-23(20)26/h2-14,21-22H,15H2,1H3,(H,27,30)(H,29,31)/b28-16+. The number of anilines is 1. The Bertz CT molecular complexity index is 1140. The van der Waals surface area contributed by atoms with E-state index in [9.17, 15) is 14.0 Å². The minimum absolute atomic E-state index is 0.0250. The van der Waals surface area contributed by atoms with Gasteiger partial charge in [0.15, 0.2) is 0 Å². The highest BCUT2D eigenvalue weighted by molar-refractivity contribution is 6.06. The second-order valence-electron chi connectivity index (χ2n) is 7.55. The number of benzene rings is 3. The summed E-state index contributed by atoms with van der Waals surface area (Å²) in [6, 6.07) is 22.8. The van der Waals surface area contributed by atoms with Crippen LogP contribution in [-0.2, 0) is 4.79 Å². The molecule has 2 amide bonds. The Balaban J connectivity index is 1.38. The Morgan fingerprint density at radius 3 is 2.48 bits per heavy atom. The van der Waals surface area contributed by atoms with Gasteiger partial charge in [-0.2, -0.15) is 5.10 Å². The summed E-state index contributed by atoms with van der Waals surface area (Å²) in [7, 11) is 0. The number of carbonyl (C=O) groups excluding carboxylic acids is 2. The van der Waals surface area contributed by atoms with Crippen molar-refractivity contribution in [3.05, 3.63) is 101 Å². The van der Waals surface area contributed by atoms with Gasteiger partial charge >= 0.3 is 0 Å². The van der Waals surface area contributed by atoms with Crippen LogP contribution in [0.15, 0.2) is 84.0 Å². The van der Waals surface area contributed by atoms with Crippen molar-refractivity contribution in [1.29, 1.82) is 0 Å². The number of hydrazone groups is 1. The second kappa shape index (κ2) is 8.92. The molecular weight excluding hydrogens is 393 g/mol. The molecule has 0 bridgehead atoms. The van der Waals surface area contributed by atoms with Crippen molar-refractivity contribution in [1.82, 2.24) is 5.43 Å². The van der Waals surface area contributed by atoms with Gasteiger partial charge in [-0.3, -0.25) is 9.59 Å². The Morgan fingerprint density at radius 2 is 1.71 bits per heavy atom. The van der Waals surface area contributed by atoms with Gasteiger partial charge in [0.2, 0.25) is 5.91 Å². The molecule has 2 N–H and O–H groups in total. The Labute approximate surface area is 180 Å². The Kier molecular flexibility index (Phi) is 5.89. The maximum atomic E-state index is 13.8. The van der Waals surface area contributed by atoms with Crippen LogP contribution in [0.25, 0.3) is 0 Å². The molecule has 5 nitrogen and oxygen atoms in total. The van der Waals surface area contributed by atoms with Crippen LogP contribution in [0.2, 0.25) is 0 Å². The van der Waals surface area contributed by atoms with Crippen molar-refractivity contribution in [3.63, 3.8) is 0 Å². The summed E-state index contributed by atoms with van der Waals surface area (Å²) in [4.78, 5) is 24.7. The maximum Gasteiger partial charge on any atom is 0.258 e. The van der Waals surface area contributed by atoms with Crippen molar-refractivity contribution in [2.45, 2.75) is 19.3 Å². The number of halogens is 1. The van der Waals surface area contributed by atoms with E-state index >= 15 is 0 Å². The van der Waals surface area contributed by atoms with Gasteiger partial charge < -0.3 is 5.32 Å². The summed E-state index contributed by atoms with van der Waals surface area (Å²) >= 11 is 0. The molecule has 31 heavy (non-hydrogen) atoms. The molecule has 0 spiro atoms. The molecular formula is C25H22FN3O2. The lowest BCUT2D eigenvalue weighted by Crippen LogP contribution is -2.21. The van der Waals surface area contributed by atoms with Crippen LogP contribution in [0.1, 0.15) is 40.7 Å². The lowest BCUT2D eigenvalue weighted by atomic mass is 10.1. The molecule has 1 aliphatic carbocycles. The molecule has 3 aromatic rings. The average molecular weight is 415 g/mol. The summed E-state index contributed by atoms with van der Waals surface area (Å²) in [5.74, 6) is -1.03. The molecule has 156 valence electrons. The molecule has 1 saturated carbocycles. The molecule has 0 aliphatic heterocycles. The van der Waals surface area contributed by atoms with Gasteiger partial charge in [-0.25, -0.2) is 9.82 Å². The van der Waals surface area contributed by atoms with E-state index in [1.54, 1.807) is 31.2 Å². The zero-order valence-corrected chi connectivity index (χ0v) is 17.0. The first-order valence-corrected chi connectivity index (χ1v) is 10.1. The van der Waals surface area contributed by atoms with Crippen molar-refractivity contribution in [2.75, 3.05) is 5.32 Å². The normalized spacial score (nSPS) is 17.7. The first kappa shape index (κ1) is 20.5. The number of hydrogen-bond donors (Lipinski definition) is 2. The second-order valence-corrected chi connectivity index (χ2v) is 7.55. The van der Waals surface area contributed by atoms with Crippen LogP contribution in [0, 0.1) is 11.7 Å². The molecule has 2 atom stereocenters. The van der Waals surface area contributed by atoms with E-state index in [-0.39, 0.29) is 23.3 Å². The summed E-state index contributed by atoms with van der Waals surface area (Å²) in [6.07, 6.45) is 0.821. The van der Waals surface area contributed by atoms with Crippen LogP contribution in [0.3, 0.4) is 0 Å². The molecule has 0 heterocycles. The van der Waals surface area contributed by atoms with E-state index in [1.165, 1.54) is 23.8 Å². The van der Waals surface area contributed by atoms with E-state index in [0.29, 0.717) is 11.4 Å². The van der Waals surface area contributed by atoms with Gasteiger partial charge in [0.1, 0.15) is 5.82 Å². The smallest absolute Gasteiger partial charge is 0.258 e. The number of amides is 2. The molecule has 2 unspecified atom stereocenters. The molecule has 0 aromatic heterocycles. The van der Waals surface area contributed by atoms with E-state index in [0.717, 1.165) is 12.0 Å². The van der Waals surface area contributed by atoms with Crippen LogP contribution in [-0.4, -0.2) is 17.5 Å². The number of rotatable bonds is 6. The van der Waals surface area contributed by atoms with Crippen molar-refractivity contribution in [2.24, 2.45) is 11.0 Å². The first-order valence-electron chi connectivity index (χ1n) is 10.1. The predicted molar refractivity (Wildman–Crippen MR) is 118 cm³/mol. The maximum absolute atomic E-state index is 13.8. The Morgan fingerprint density at radius 1 is 0.968 bits per heavy atom. The average Bonchev–Trinajstić information content (AvgIpc) is 3.59. The number of carbonyl (C=O) groups is 2. The molecule has 1 fully saturated rings. The van der Waals surface area contributed by atoms with Gasteiger partial charge in [0, 0.05) is 11.6 Å². The fraction of sp³-hybridized carbons (Fsp3) is 0.160. The number of nitrogens with zero attached hydrogens (tertiary/aromatic N) is 1. The largest absolute Gasteiger partial charge is 0.322 e. The topological polar surface area (TPSA) is 70.6 Å². The highest BCUT2D eigenvalue weighted by atomic mass is 19.1. The fourth-order valence-electron chi connectivity index (χ4n) is 3.51. The van der Waals surface area contributed by atoms with E-state index in [4.69, 9.17) is 0 Å². The zero-order chi connectivity index (χ0) is 21.8. The minimum Gasteiger partial charge on any atom is -0.322 e. The van der Waals surface area contributed by atoms with Crippen LogP contribution in [0.4, 0.5) is 10.1 Å². The van der Waals surface area contributed by atoms with Crippen molar-refractivity contribution >= 4 is 23.2 Å². The highest BCUT2D eigenvalue weighted by Gasteiger charge is 2.43. The molecule has 0 radical (unpaired) electrons. The highest BCUT2D eigenvalue weighted by Crippen LogP contribution is 2.47. The summed E-state index contributed by atoms with van der Waals surface area (Å²) in [5, 5.41) is 6.91. The predicted octanol–water partition coefficient (Wildman–Crippen LogP) is 4.72. The SMILES string of the molecule is C/C(=N\NC(=O)C1CC1c1ccccc1)c1cccc(NC(=O)c2ccccc2F)c1. The van der Waals surface area contributed by atoms with E-state index < -0.39 is 11.7 Å². The molecule has 4 rings (SSSR count). The van der Waals surface area contributed by atoms with Gasteiger partial charge in [-0.1, -0.05) is 54.6 Å². The van der Waals surface area contributed by atoms with Crippen molar-refractivity contribution in [3.8, 4) is 0 Å². The van der Waals surface area contributed by atoms with Crippen molar-refractivity contribution < 1.29 is 14.0 Å². The third-order valence-electron chi connectivity index (χ3n) is 5.35. The zero-order valence-electron chi connectivity index (χ0n) is 17.0. The minimum atomic E-state index is -0.578. The summed E-state index contributed by atoms with van der Waals surface area (Å²) in [6.45, 7) is 1.78. The lowest BCUT2D eigenvalue weighted by Gasteiger charge is -2.08. The molecule has 3 aromatic carbocycles. The molecule has 1 aliphatic rings. The summed E-state index contributed by atoms with van der Waals surface area (Å²) < 4.78 is 13.8. The van der Waals surface area contributed by atoms with E-state index in [1.807, 2.05) is 36.4 Å². The third-order valence-corrected chi connectivity index (χ3v) is 5.35. The van der Waals surface area contributed by atoms with Crippen LogP contribution >= 0.6 is 0 Å².